The van der Waals surface area contributed by atoms with Gasteiger partial charge < -0.3 is 10.5 Å². The molecule has 0 aliphatic carbocycles. The highest BCUT2D eigenvalue weighted by atomic mass is 32.1. The first kappa shape index (κ1) is 19.3. The van der Waals surface area contributed by atoms with Gasteiger partial charge in [-0.3, -0.25) is 4.79 Å². The maximum atomic E-state index is 13.5. The normalized spacial score (nSPS) is 16.3. The van der Waals surface area contributed by atoms with Crippen LogP contribution in [0, 0.1) is 0 Å². The molecule has 3 aromatic rings. The van der Waals surface area contributed by atoms with E-state index >= 15 is 0 Å². The predicted molar refractivity (Wildman–Crippen MR) is 122 cm³/mol. The molecule has 146 valence electrons. The number of hydrogen-bond donors (Lipinski definition) is 1. The second kappa shape index (κ2) is 7.80. The van der Waals surface area contributed by atoms with Crippen LogP contribution in [-0.4, -0.2) is 10.6 Å². The molecular formula is C25H23NO2S. The molecule has 29 heavy (non-hydrogen) atoms. The molecule has 4 heteroatoms. The van der Waals surface area contributed by atoms with Crippen molar-refractivity contribution in [2.75, 3.05) is 0 Å². The fourth-order valence-electron chi connectivity index (χ4n) is 4.09. The van der Waals surface area contributed by atoms with Gasteiger partial charge in [0, 0.05) is 10.4 Å². The van der Waals surface area contributed by atoms with Crippen LogP contribution in [0.5, 0.6) is 0 Å². The van der Waals surface area contributed by atoms with Crippen LogP contribution in [0.3, 0.4) is 0 Å². The summed E-state index contributed by atoms with van der Waals surface area (Å²) in [6, 6.07) is 19.8. The summed E-state index contributed by atoms with van der Waals surface area (Å²) in [5.74, 6) is 0.0790. The molecule has 0 radical (unpaired) electrons. The van der Waals surface area contributed by atoms with E-state index in [2.05, 4.69) is 6.92 Å². The SMILES string of the molecule is CCC(=S)c1cccc(C2=C(N)OC(c3cccc4ccccc34)C2=O)c1CC. The Morgan fingerprint density at radius 3 is 2.52 bits per heavy atom. The highest BCUT2D eigenvalue weighted by Crippen LogP contribution is 2.40. The van der Waals surface area contributed by atoms with Gasteiger partial charge in [0.05, 0.1) is 5.57 Å². The third-order valence-corrected chi connectivity index (χ3v) is 6.01. The molecule has 2 N–H and O–H groups in total. The van der Waals surface area contributed by atoms with E-state index in [9.17, 15) is 4.79 Å². The summed E-state index contributed by atoms with van der Waals surface area (Å²) < 4.78 is 5.94. The van der Waals surface area contributed by atoms with Crippen LogP contribution < -0.4 is 5.73 Å². The highest BCUT2D eigenvalue weighted by Gasteiger charge is 2.37. The van der Waals surface area contributed by atoms with Crippen molar-refractivity contribution in [2.24, 2.45) is 5.73 Å². The number of ketones is 1. The maximum Gasteiger partial charge on any atom is 0.213 e. The van der Waals surface area contributed by atoms with E-state index in [1.807, 2.05) is 67.6 Å². The number of carbonyl (C=O) groups excluding carboxylic acids is 1. The zero-order valence-corrected chi connectivity index (χ0v) is 17.4. The summed E-state index contributed by atoms with van der Waals surface area (Å²) in [6.07, 6.45) is 0.806. The van der Waals surface area contributed by atoms with E-state index in [-0.39, 0.29) is 11.7 Å². The lowest BCUT2D eigenvalue weighted by Gasteiger charge is -2.15. The molecule has 0 saturated carbocycles. The lowest BCUT2D eigenvalue weighted by atomic mass is 9.88. The summed E-state index contributed by atoms with van der Waals surface area (Å²) in [5, 5.41) is 2.07. The van der Waals surface area contributed by atoms with Crippen LogP contribution in [0.4, 0.5) is 0 Å². The van der Waals surface area contributed by atoms with E-state index in [1.54, 1.807) is 0 Å². The summed E-state index contributed by atoms with van der Waals surface area (Å²) in [7, 11) is 0. The fourth-order valence-corrected chi connectivity index (χ4v) is 4.29. The maximum absolute atomic E-state index is 13.5. The summed E-state index contributed by atoms with van der Waals surface area (Å²) in [5.41, 5.74) is 10.4. The minimum absolute atomic E-state index is 0.104. The molecular weight excluding hydrogens is 378 g/mol. The van der Waals surface area contributed by atoms with Crippen molar-refractivity contribution in [3.63, 3.8) is 0 Å². The number of rotatable bonds is 5. The van der Waals surface area contributed by atoms with Crippen molar-refractivity contribution in [1.29, 1.82) is 0 Å². The molecule has 0 spiro atoms. The van der Waals surface area contributed by atoms with Crippen molar-refractivity contribution >= 4 is 39.2 Å². The van der Waals surface area contributed by atoms with Gasteiger partial charge >= 0.3 is 0 Å². The van der Waals surface area contributed by atoms with Crippen molar-refractivity contribution in [3.8, 4) is 0 Å². The Bertz CT molecular complexity index is 1160. The van der Waals surface area contributed by atoms with E-state index < -0.39 is 6.10 Å². The van der Waals surface area contributed by atoms with Gasteiger partial charge in [-0.1, -0.05) is 86.7 Å². The minimum atomic E-state index is -0.734. The highest BCUT2D eigenvalue weighted by molar-refractivity contribution is 7.80. The molecule has 3 aromatic carbocycles. The largest absolute Gasteiger partial charge is 0.462 e. The number of carbonyl (C=O) groups is 1. The zero-order valence-electron chi connectivity index (χ0n) is 16.6. The summed E-state index contributed by atoms with van der Waals surface area (Å²) in [4.78, 5) is 14.4. The number of Topliss-reactive ketones (excluding diaryl/α,β-unsaturated/α-hetero) is 1. The Morgan fingerprint density at radius 1 is 1.03 bits per heavy atom. The van der Waals surface area contributed by atoms with Gasteiger partial charge in [0.1, 0.15) is 0 Å². The van der Waals surface area contributed by atoms with Gasteiger partial charge in [0.2, 0.25) is 5.78 Å². The second-order valence-electron chi connectivity index (χ2n) is 7.13. The molecule has 1 aliphatic rings. The molecule has 1 heterocycles. The van der Waals surface area contributed by atoms with Crippen molar-refractivity contribution in [3.05, 3.63) is 88.8 Å². The molecule has 1 unspecified atom stereocenters. The molecule has 1 aliphatic heterocycles. The fraction of sp³-hybridized carbons (Fsp3) is 0.200. The van der Waals surface area contributed by atoms with Gasteiger partial charge in [0.15, 0.2) is 12.0 Å². The molecule has 0 saturated heterocycles. The summed E-state index contributed by atoms with van der Waals surface area (Å²) in [6.45, 7) is 4.11. The zero-order chi connectivity index (χ0) is 20.5. The van der Waals surface area contributed by atoms with Crippen molar-refractivity contribution < 1.29 is 9.53 Å². The van der Waals surface area contributed by atoms with Crippen LogP contribution in [0.2, 0.25) is 0 Å². The van der Waals surface area contributed by atoms with Crippen LogP contribution in [0.25, 0.3) is 16.3 Å². The molecule has 0 aromatic heterocycles. The quantitative estimate of drug-likeness (QED) is 0.453. The average Bonchev–Trinajstić information content (AvgIpc) is 3.05. The van der Waals surface area contributed by atoms with Gasteiger partial charge in [-0.15, -0.1) is 0 Å². The molecule has 1 atom stereocenters. The van der Waals surface area contributed by atoms with Crippen LogP contribution in [0.15, 0.2) is 66.5 Å². The predicted octanol–water partition coefficient (Wildman–Crippen LogP) is 5.50. The minimum Gasteiger partial charge on any atom is -0.462 e. The lowest BCUT2D eigenvalue weighted by Crippen LogP contribution is -2.12. The Morgan fingerprint density at radius 2 is 1.76 bits per heavy atom. The van der Waals surface area contributed by atoms with E-state index in [0.29, 0.717) is 5.57 Å². The van der Waals surface area contributed by atoms with Crippen molar-refractivity contribution in [2.45, 2.75) is 32.8 Å². The molecule has 3 nitrogen and oxygen atoms in total. The number of benzene rings is 3. The first-order valence-electron chi connectivity index (χ1n) is 9.90. The third-order valence-electron chi connectivity index (χ3n) is 5.50. The van der Waals surface area contributed by atoms with E-state index in [1.165, 1.54) is 0 Å². The van der Waals surface area contributed by atoms with Gasteiger partial charge in [-0.25, -0.2) is 0 Å². The number of ether oxygens (including phenoxy) is 1. The molecule has 0 amide bonds. The Labute approximate surface area is 176 Å². The molecule has 0 bridgehead atoms. The Hall–Kier alpha value is -2.98. The Kier molecular flexibility index (Phi) is 5.20. The molecule has 4 rings (SSSR count). The first-order valence-corrected chi connectivity index (χ1v) is 10.3. The van der Waals surface area contributed by atoms with Crippen LogP contribution in [-0.2, 0) is 16.0 Å². The summed E-state index contributed by atoms with van der Waals surface area (Å²) >= 11 is 5.56. The van der Waals surface area contributed by atoms with Crippen molar-refractivity contribution in [1.82, 2.24) is 0 Å². The van der Waals surface area contributed by atoms with Gasteiger partial charge in [0.25, 0.3) is 0 Å². The monoisotopic (exact) mass is 401 g/mol. The first-order chi connectivity index (χ1) is 14.1. The van der Waals surface area contributed by atoms with Gasteiger partial charge in [-0.2, -0.15) is 0 Å². The standard InChI is InChI=1S/C25H23NO2S/c1-3-16-18(21(29)4-2)12-8-13-19(16)22-23(27)24(28-25(22)26)20-14-7-10-15-9-5-6-11-17(15)20/h5-14,24H,3-4,26H2,1-2H3. The van der Waals surface area contributed by atoms with E-state index in [4.69, 9.17) is 22.7 Å². The topological polar surface area (TPSA) is 52.3 Å². The Balaban J connectivity index is 1.81. The third kappa shape index (κ3) is 3.23. The van der Waals surface area contributed by atoms with Crippen LogP contribution in [0.1, 0.15) is 48.6 Å². The van der Waals surface area contributed by atoms with Crippen LogP contribution >= 0.6 is 12.2 Å². The number of fused-ring (bicyclic) bond motifs is 1. The number of hydrogen-bond acceptors (Lipinski definition) is 4. The number of thiocarbonyl (C=S) groups is 1. The van der Waals surface area contributed by atoms with Gasteiger partial charge in [-0.05, 0) is 40.3 Å². The average molecular weight is 402 g/mol. The lowest BCUT2D eigenvalue weighted by molar-refractivity contribution is -0.120. The second-order valence-corrected chi connectivity index (χ2v) is 7.62. The smallest absolute Gasteiger partial charge is 0.213 e. The number of nitrogens with two attached hydrogens (primary N) is 1. The molecule has 0 fully saturated rings. The van der Waals surface area contributed by atoms with E-state index in [0.717, 1.165) is 50.7 Å².